The van der Waals surface area contributed by atoms with Crippen LogP contribution in [0.2, 0.25) is 0 Å². The highest BCUT2D eigenvalue weighted by Crippen LogP contribution is 2.31. The molecule has 0 spiro atoms. The first-order valence-corrected chi connectivity index (χ1v) is 8.81. The van der Waals surface area contributed by atoms with Gasteiger partial charge in [0.15, 0.2) is 0 Å². The van der Waals surface area contributed by atoms with Crippen LogP contribution in [0, 0.1) is 6.92 Å². The van der Waals surface area contributed by atoms with Crippen molar-refractivity contribution in [1.29, 1.82) is 0 Å². The van der Waals surface area contributed by atoms with E-state index in [4.69, 9.17) is 4.52 Å². The number of anilines is 1. The van der Waals surface area contributed by atoms with Crippen molar-refractivity contribution in [1.82, 2.24) is 19.8 Å². The minimum Gasteiger partial charge on any atom is -0.361 e. The Bertz CT molecular complexity index is 887. The predicted octanol–water partition coefficient (Wildman–Crippen LogP) is 3.93. The number of nitrogens with one attached hydrogen (secondary N) is 1. The molecule has 1 saturated heterocycles. The van der Waals surface area contributed by atoms with Crippen molar-refractivity contribution >= 4 is 11.7 Å². The van der Waals surface area contributed by atoms with Crippen LogP contribution in [0.15, 0.2) is 53.3 Å². The zero-order valence-corrected chi connectivity index (χ0v) is 14.6. The Balaban J connectivity index is 1.52. The largest absolute Gasteiger partial charge is 0.361 e. The molecule has 4 rings (SSSR count). The Morgan fingerprint density at radius 2 is 2.19 bits per heavy atom. The quantitative estimate of drug-likeness (QED) is 0.776. The van der Waals surface area contributed by atoms with Crippen molar-refractivity contribution in [3.05, 3.63) is 60.2 Å². The molecule has 2 aromatic heterocycles. The molecule has 7 heteroatoms. The number of carbonyl (C=O) groups is 1. The molecule has 0 aliphatic carbocycles. The summed E-state index contributed by atoms with van der Waals surface area (Å²) in [6, 6.07) is 11.3. The van der Waals surface area contributed by atoms with E-state index < -0.39 is 0 Å². The number of rotatable bonds is 3. The van der Waals surface area contributed by atoms with Crippen LogP contribution in [0.1, 0.15) is 36.8 Å². The molecule has 2 amide bonds. The van der Waals surface area contributed by atoms with E-state index in [0.717, 1.165) is 42.1 Å². The van der Waals surface area contributed by atoms with Crippen LogP contribution in [0.4, 0.5) is 10.5 Å². The number of aromatic nitrogens is 3. The van der Waals surface area contributed by atoms with Crippen molar-refractivity contribution in [3.63, 3.8) is 0 Å². The number of hydrogen-bond donors (Lipinski definition) is 1. The molecule has 1 aliphatic rings. The van der Waals surface area contributed by atoms with Gasteiger partial charge in [-0.05, 0) is 50.5 Å². The minimum atomic E-state index is -0.118. The van der Waals surface area contributed by atoms with E-state index in [1.54, 1.807) is 10.9 Å². The highest BCUT2D eigenvalue weighted by Gasteiger charge is 2.30. The molecular formula is C19H21N5O2. The van der Waals surface area contributed by atoms with Crippen molar-refractivity contribution in [2.45, 2.75) is 32.2 Å². The summed E-state index contributed by atoms with van der Waals surface area (Å²) >= 11 is 0. The molecular weight excluding hydrogens is 330 g/mol. The van der Waals surface area contributed by atoms with E-state index >= 15 is 0 Å². The molecule has 1 fully saturated rings. The van der Waals surface area contributed by atoms with Crippen molar-refractivity contribution in [3.8, 4) is 5.69 Å². The van der Waals surface area contributed by atoms with E-state index in [1.807, 2.05) is 54.4 Å². The molecule has 1 aliphatic heterocycles. The lowest BCUT2D eigenvalue weighted by atomic mass is 9.99. The molecule has 7 nitrogen and oxygen atoms in total. The van der Waals surface area contributed by atoms with Gasteiger partial charge < -0.3 is 14.7 Å². The van der Waals surface area contributed by atoms with Gasteiger partial charge in [-0.3, -0.25) is 0 Å². The fraction of sp³-hybridized carbons (Fsp3) is 0.316. The van der Waals surface area contributed by atoms with Gasteiger partial charge in [-0.25, -0.2) is 9.48 Å². The second-order valence-electron chi connectivity index (χ2n) is 6.50. The molecule has 0 radical (unpaired) electrons. The van der Waals surface area contributed by atoms with Gasteiger partial charge in [0, 0.05) is 30.7 Å². The fourth-order valence-electron chi connectivity index (χ4n) is 3.37. The van der Waals surface area contributed by atoms with Gasteiger partial charge in [-0.1, -0.05) is 11.2 Å². The van der Waals surface area contributed by atoms with Crippen LogP contribution in [0.3, 0.4) is 0 Å². The summed E-state index contributed by atoms with van der Waals surface area (Å²) in [6.45, 7) is 2.58. The average molecular weight is 351 g/mol. The zero-order valence-electron chi connectivity index (χ0n) is 14.6. The lowest BCUT2D eigenvalue weighted by molar-refractivity contribution is 0.159. The highest BCUT2D eigenvalue weighted by molar-refractivity contribution is 5.90. The number of aryl methyl sites for hydroxylation is 1. The van der Waals surface area contributed by atoms with E-state index in [0.29, 0.717) is 6.54 Å². The fourth-order valence-corrected chi connectivity index (χ4v) is 3.37. The van der Waals surface area contributed by atoms with Gasteiger partial charge in [-0.2, -0.15) is 5.10 Å². The Kier molecular flexibility index (Phi) is 4.43. The number of nitrogens with zero attached hydrogens (tertiary/aromatic N) is 4. The lowest BCUT2D eigenvalue weighted by Crippen LogP contribution is -2.41. The maximum absolute atomic E-state index is 12.9. The second-order valence-corrected chi connectivity index (χ2v) is 6.50. The first-order valence-electron chi connectivity index (χ1n) is 8.81. The molecule has 1 N–H and O–H groups in total. The summed E-state index contributed by atoms with van der Waals surface area (Å²) in [5.74, 6) is 0.762. The second kappa shape index (κ2) is 7.03. The molecule has 0 bridgehead atoms. The molecule has 0 unspecified atom stereocenters. The number of benzene rings is 1. The Morgan fingerprint density at radius 3 is 2.96 bits per heavy atom. The monoisotopic (exact) mass is 351 g/mol. The Hall–Kier alpha value is -3.09. The third-order valence-corrected chi connectivity index (χ3v) is 4.62. The summed E-state index contributed by atoms with van der Waals surface area (Å²) in [5.41, 5.74) is 2.46. The van der Waals surface area contributed by atoms with Gasteiger partial charge >= 0.3 is 6.03 Å². The maximum atomic E-state index is 12.9. The van der Waals surface area contributed by atoms with Crippen LogP contribution in [0.25, 0.3) is 5.69 Å². The van der Waals surface area contributed by atoms with Crippen molar-refractivity contribution < 1.29 is 9.32 Å². The molecule has 3 heterocycles. The average Bonchev–Trinajstić information content (AvgIpc) is 3.34. The molecule has 1 atom stereocenters. The summed E-state index contributed by atoms with van der Waals surface area (Å²) in [7, 11) is 0. The predicted molar refractivity (Wildman–Crippen MR) is 97.1 cm³/mol. The first-order chi connectivity index (χ1) is 12.7. The summed E-state index contributed by atoms with van der Waals surface area (Å²) in [4.78, 5) is 14.7. The third kappa shape index (κ3) is 3.33. The standard InChI is InChI=1S/C19H21N5O2/c1-14-12-17(22-26-14)18-8-2-3-10-23(18)19(25)21-15-6-4-7-16(13-15)24-11-5-9-20-24/h4-7,9,11-13,18H,2-3,8,10H2,1H3,(H,21,25)/t18-/m1/s1. The topological polar surface area (TPSA) is 76.2 Å². The number of urea groups is 1. The highest BCUT2D eigenvalue weighted by atomic mass is 16.5. The van der Waals surface area contributed by atoms with Crippen LogP contribution in [0.5, 0.6) is 0 Å². The van der Waals surface area contributed by atoms with Gasteiger partial charge in [0.05, 0.1) is 11.7 Å². The number of likely N-dealkylation sites (tertiary alicyclic amines) is 1. The van der Waals surface area contributed by atoms with Crippen LogP contribution >= 0.6 is 0 Å². The SMILES string of the molecule is Cc1cc([C@H]2CCCCN2C(=O)Nc2cccc(-n3cccn3)c2)no1. The number of piperidine rings is 1. The molecule has 26 heavy (non-hydrogen) atoms. The van der Waals surface area contributed by atoms with Gasteiger partial charge in [0.2, 0.25) is 0 Å². The van der Waals surface area contributed by atoms with Crippen molar-refractivity contribution in [2.75, 3.05) is 11.9 Å². The minimum absolute atomic E-state index is 0.0458. The Labute approximate surface area is 151 Å². The van der Waals surface area contributed by atoms with Gasteiger partial charge in [0.25, 0.3) is 0 Å². The van der Waals surface area contributed by atoms with Crippen LogP contribution < -0.4 is 5.32 Å². The maximum Gasteiger partial charge on any atom is 0.322 e. The summed E-state index contributed by atoms with van der Waals surface area (Å²) < 4.78 is 6.96. The smallest absolute Gasteiger partial charge is 0.322 e. The van der Waals surface area contributed by atoms with E-state index in [-0.39, 0.29) is 12.1 Å². The number of hydrogen-bond acceptors (Lipinski definition) is 4. The first kappa shape index (κ1) is 16.4. The summed E-state index contributed by atoms with van der Waals surface area (Å²) in [6.07, 6.45) is 6.56. The Morgan fingerprint density at radius 1 is 1.27 bits per heavy atom. The molecule has 134 valence electrons. The van der Waals surface area contributed by atoms with Crippen LogP contribution in [-0.2, 0) is 0 Å². The molecule has 3 aromatic rings. The van der Waals surface area contributed by atoms with Crippen molar-refractivity contribution in [2.24, 2.45) is 0 Å². The molecule has 0 saturated carbocycles. The van der Waals surface area contributed by atoms with E-state index in [2.05, 4.69) is 15.6 Å². The number of amides is 2. The van der Waals surface area contributed by atoms with Crippen LogP contribution in [-0.4, -0.2) is 32.4 Å². The zero-order chi connectivity index (χ0) is 17.9. The van der Waals surface area contributed by atoms with Gasteiger partial charge in [-0.15, -0.1) is 0 Å². The van der Waals surface area contributed by atoms with Gasteiger partial charge in [0.1, 0.15) is 11.5 Å². The van der Waals surface area contributed by atoms with E-state index in [9.17, 15) is 4.79 Å². The molecule has 1 aromatic carbocycles. The third-order valence-electron chi connectivity index (χ3n) is 4.62. The summed E-state index contributed by atoms with van der Waals surface area (Å²) in [5, 5.41) is 11.4. The normalized spacial score (nSPS) is 17.3. The number of carbonyl (C=O) groups excluding carboxylic acids is 1. The van der Waals surface area contributed by atoms with E-state index in [1.165, 1.54) is 0 Å². The lowest BCUT2D eigenvalue weighted by Gasteiger charge is -2.34.